The Bertz CT molecular complexity index is 529. The molecule has 0 aliphatic carbocycles. The van der Waals surface area contributed by atoms with Crippen LogP contribution in [0.1, 0.15) is 18.5 Å². The molecule has 0 aliphatic heterocycles. The summed E-state index contributed by atoms with van der Waals surface area (Å²) in [5.41, 5.74) is 3.92. The number of hydrogen-bond acceptors (Lipinski definition) is 4. The van der Waals surface area contributed by atoms with Crippen LogP contribution in [-0.2, 0) is 6.54 Å². The van der Waals surface area contributed by atoms with Crippen LogP contribution in [0.3, 0.4) is 0 Å². The van der Waals surface area contributed by atoms with E-state index in [2.05, 4.69) is 17.4 Å². The number of nitrogens with two attached hydrogens (primary N) is 1. The van der Waals surface area contributed by atoms with E-state index in [9.17, 15) is 0 Å². The number of aromatic nitrogens is 2. The molecule has 0 saturated heterocycles. The molecule has 6 heteroatoms. The number of hydrogen-bond donors (Lipinski definition) is 2. The van der Waals surface area contributed by atoms with Crippen molar-refractivity contribution >= 4 is 23.4 Å². The topological polar surface area (TPSA) is 55.9 Å². The van der Waals surface area contributed by atoms with Crippen molar-refractivity contribution in [3.8, 4) is 0 Å². The quantitative estimate of drug-likeness (QED) is 0.489. The molecule has 2 aromatic rings. The zero-order valence-corrected chi connectivity index (χ0v) is 12.3. The minimum atomic E-state index is 0.0570. The molecule has 0 fully saturated rings. The highest BCUT2D eigenvalue weighted by molar-refractivity contribution is 7.99. The number of aryl methyl sites for hydroxylation is 1. The first-order valence-electron chi connectivity index (χ1n) is 6.10. The van der Waals surface area contributed by atoms with Gasteiger partial charge in [-0.1, -0.05) is 23.7 Å². The zero-order chi connectivity index (χ0) is 13.7. The number of rotatable bonds is 6. The van der Waals surface area contributed by atoms with Crippen LogP contribution in [0.2, 0.25) is 5.02 Å². The maximum Gasteiger partial charge on any atom is 0.0584 e. The fraction of sp³-hybridized carbons (Fsp3) is 0.308. The first-order valence-corrected chi connectivity index (χ1v) is 7.46. The molecular formula is C13H17ClN4S. The second kappa shape index (κ2) is 6.96. The van der Waals surface area contributed by atoms with E-state index in [1.165, 1.54) is 0 Å². The fourth-order valence-electron chi connectivity index (χ4n) is 1.71. The van der Waals surface area contributed by atoms with E-state index in [1.807, 2.05) is 41.3 Å². The Morgan fingerprint density at radius 2 is 2.26 bits per heavy atom. The van der Waals surface area contributed by atoms with Crippen molar-refractivity contribution in [2.75, 3.05) is 5.75 Å². The van der Waals surface area contributed by atoms with Crippen molar-refractivity contribution < 1.29 is 0 Å². The van der Waals surface area contributed by atoms with Gasteiger partial charge in [0.25, 0.3) is 0 Å². The molecule has 4 nitrogen and oxygen atoms in total. The molecule has 102 valence electrons. The van der Waals surface area contributed by atoms with Gasteiger partial charge in [-0.25, -0.2) is 0 Å². The third-order valence-corrected chi connectivity index (χ3v) is 4.43. The minimum Gasteiger partial charge on any atom is -0.273 e. The van der Waals surface area contributed by atoms with Crippen molar-refractivity contribution in [2.24, 2.45) is 5.84 Å². The van der Waals surface area contributed by atoms with E-state index in [4.69, 9.17) is 17.4 Å². The summed E-state index contributed by atoms with van der Waals surface area (Å²) in [6.07, 6.45) is 3.86. The van der Waals surface area contributed by atoms with Gasteiger partial charge in [0.05, 0.1) is 17.3 Å². The highest BCUT2D eigenvalue weighted by Crippen LogP contribution is 2.29. The van der Waals surface area contributed by atoms with Crippen LogP contribution in [0.15, 0.2) is 41.6 Å². The molecule has 1 aromatic carbocycles. The number of nitrogens with one attached hydrogen (secondary N) is 1. The van der Waals surface area contributed by atoms with Gasteiger partial charge in [0, 0.05) is 29.0 Å². The summed E-state index contributed by atoms with van der Waals surface area (Å²) in [6, 6.07) is 7.87. The van der Waals surface area contributed by atoms with Gasteiger partial charge in [0.2, 0.25) is 0 Å². The number of halogens is 1. The molecule has 0 bridgehead atoms. The fourth-order valence-corrected chi connectivity index (χ4v) is 3.02. The summed E-state index contributed by atoms with van der Waals surface area (Å²) in [4.78, 5) is 1.06. The van der Waals surface area contributed by atoms with Gasteiger partial charge in [-0.15, -0.1) is 11.8 Å². The van der Waals surface area contributed by atoms with E-state index in [0.717, 1.165) is 27.8 Å². The summed E-state index contributed by atoms with van der Waals surface area (Å²) >= 11 is 7.81. The van der Waals surface area contributed by atoms with E-state index in [1.54, 1.807) is 11.8 Å². The lowest BCUT2D eigenvalue weighted by molar-refractivity contribution is 0.607. The molecule has 19 heavy (non-hydrogen) atoms. The van der Waals surface area contributed by atoms with Crippen LogP contribution in [0.25, 0.3) is 0 Å². The Hall–Kier alpha value is -1.01. The lowest BCUT2D eigenvalue weighted by atomic mass is 10.2. The molecule has 0 saturated carbocycles. The molecule has 1 aromatic heterocycles. The number of nitrogens with zero attached hydrogens (tertiary/aromatic N) is 2. The summed E-state index contributed by atoms with van der Waals surface area (Å²) in [5, 5.41) is 5.03. The molecule has 2 rings (SSSR count). The largest absolute Gasteiger partial charge is 0.273 e. The van der Waals surface area contributed by atoms with Gasteiger partial charge >= 0.3 is 0 Å². The molecule has 1 atom stereocenters. The van der Waals surface area contributed by atoms with Crippen LogP contribution in [0.5, 0.6) is 0 Å². The summed E-state index contributed by atoms with van der Waals surface area (Å²) in [5.74, 6) is 6.43. The van der Waals surface area contributed by atoms with E-state index >= 15 is 0 Å². The Morgan fingerprint density at radius 1 is 1.47 bits per heavy atom. The average molecular weight is 297 g/mol. The van der Waals surface area contributed by atoms with Gasteiger partial charge in [0.1, 0.15) is 0 Å². The zero-order valence-electron chi connectivity index (χ0n) is 10.7. The average Bonchev–Trinajstić information content (AvgIpc) is 2.90. The first kappa shape index (κ1) is 14.4. The Morgan fingerprint density at radius 3 is 2.89 bits per heavy atom. The third kappa shape index (κ3) is 3.73. The van der Waals surface area contributed by atoms with Gasteiger partial charge in [-0.2, -0.15) is 5.10 Å². The van der Waals surface area contributed by atoms with E-state index in [0.29, 0.717) is 0 Å². The molecule has 0 spiro atoms. The second-order valence-electron chi connectivity index (χ2n) is 4.09. The van der Waals surface area contributed by atoms with E-state index in [-0.39, 0.29) is 6.04 Å². The van der Waals surface area contributed by atoms with Gasteiger partial charge in [-0.3, -0.25) is 16.0 Å². The maximum atomic E-state index is 6.13. The summed E-state index contributed by atoms with van der Waals surface area (Å²) in [7, 11) is 0. The number of thioether (sulfide) groups is 1. The smallest absolute Gasteiger partial charge is 0.0584 e. The molecule has 1 heterocycles. The van der Waals surface area contributed by atoms with Crippen molar-refractivity contribution in [1.29, 1.82) is 0 Å². The van der Waals surface area contributed by atoms with Crippen LogP contribution >= 0.6 is 23.4 Å². The molecular weight excluding hydrogens is 280 g/mol. The Labute approximate surface area is 122 Å². The lowest BCUT2D eigenvalue weighted by Crippen LogP contribution is -2.29. The minimum absolute atomic E-state index is 0.0570. The Balaban J connectivity index is 2.02. The van der Waals surface area contributed by atoms with Crippen LogP contribution in [0.4, 0.5) is 0 Å². The van der Waals surface area contributed by atoms with Gasteiger partial charge < -0.3 is 0 Å². The van der Waals surface area contributed by atoms with Crippen molar-refractivity contribution in [2.45, 2.75) is 24.4 Å². The predicted molar refractivity (Wildman–Crippen MR) is 80.1 cm³/mol. The molecule has 0 amide bonds. The van der Waals surface area contributed by atoms with Crippen molar-refractivity contribution in [3.63, 3.8) is 0 Å². The standard InChI is InChI=1S/C13H17ClN4S/c1-2-18-8-10(7-16-18)12(17-15)9-19-13-6-4-3-5-11(13)14/h3-8,12,17H,2,9,15H2,1H3. The van der Waals surface area contributed by atoms with E-state index < -0.39 is 0 Å². The molecule has 1 unspecified atom stereocenters. The van der Waals surface area contributed by atoms with Crippen LogP contribution in [0, 0.1) is 0 Å². The number of hydrazine groups is 1. The van der Waals surface area contributed by atoms with Gasteiger partial charge in [0.15, 0.2) is 0 Å². The SMILES string of the molecule is CCn1cc(C(CSc2ccccc2Cl)NN)cn1. The first-order chi connectivity index (χ1) is 9.24. The number of benzene rings is 1. The van der Waals surface area contributed by atoms with Crippen LogP contribution < -0.4 is 11.3 Å². The summed E-state index contributed by atoms with van der Waals surface area (Å²) in [6.45, 7) is 2.91. The third-order valence-electron chi connectivity index (χ3n) is 2.82. The highest BCUT2D eigenvalue weighted by Gasteiger charge is 2.13. The predicted octanol–water partition coefficient (Wildman–Crippen LogP) is 2.85. The molecule has 0 radical (unpaired) electrons. The molecule has 3 N–H and O–H groups in total. The second-order valence-corrected chi connectivity index (χ2v) is 5.56. The maximum absolute atomic E-state index is 6.13. The highest BCUT2D eigenvalue weighted by atomic mass is 35.5. The Kier molecular flexibility index (Phi) is 5.27. The van der Waals surface area contributed by atoms with Crippen LogP contribution in [-0.4, -0.2) is 15.5 Å². The molecule has 0 aliphatic rings. The van der Waals surface area contributed by atoms with Gasteiger partial charge in [-0.05, 0) is 19.1 Å². The summed E-state index contributed by atoms with van der Waals surface area (Å²) < 4.78 is 1.89. The lowest BCUT2D eigenvalue weighted by Gasteiger charge is -2.14. The van der Waals surface area contributed by atoms with Crippen molar-refractivity contribution in [1.82, 2.24) is 15.2 Å². The van der Waals surface area contributed by atoms with Crippen molar-refractivity contribution in [3.05, 3.63) is 47.2 Å². The normalized spacial score (nSPS) is 12.6. The monoisotopic (exact) mass is 296 g/mol.